The van der Waals surface area contributed by atoms with E-state index >= 15 is 0 Å². The minimum absolute atomic E-state index is 0.576. The Morgan fingerprint density at radius 1 is 1.09 bits per heavy atom. The predicted octanol–water partition coefficient (Wildman–Crippen LogP) is 4.99. The van der Waals surface area contributed by atoms with Gasteiger partial charge in [0.2, 0.25) is 0 Å². The fourth-order valence-corrected chi connectivity index (χ4v) is 3.48. The van der Waals surface area contributed by atoms with Crippen LogP contribution in [0.5, 0.6) is 0 Å². The Hall–Kier alpha value is -2.83. The first-order valence-corrected chi connectivity index (χ1v) is 7.64. The summed E-state index contributed by atoms with van der Waals surface area (Å²) in [4.78, 5) is 4.60. The van der Waals surface area contributed by atoms with Crippen molar-refractivity contribution < 1.29 is 0 Å². The van der Waals surface area contributed by atoms with Gasteiger partial charge in [0.05, 0.1) is 16.1 Å². The van der Waals surface area contributed by atoms with Gasteiger partial charge in [-0.1, -0.05) is 48.0 Å². The van der Waals surface area contributed by atoms with Crippen LogP contribution >= 0.6 is 11.6 Å². The third kappa shape index (κ3) is 1.93. The van der Waals surface area contributed by atoms with Crippen molar-refractivity contribution in [3.05, 3.63) is 70.9 Å². The van der Waals surface area contributed by atoms with Crippen molar-refractivity contribution in [2.45, 2.75) is 6.92 Å². The SMILES string of the molecule is Cc1c(-c2ccccc2)c(Cl)c2c(nc3ccccn32)c1C#N. The van der Waals surface area contributed by atoms with E-state index in [-0.39, 0.29) is 0 Å². The maximum Gasteiger partial charge on any atom is 0.138 e. The summed E-state index contributed by atoms with van der Waals surface area (Å²) >= 11 is 6.76. The van der Waals surface area contributed by atoms with Crippen LogP contribution in [-0.2, 0) is 0 Å². The molecule has 2 heterocycles. The lowest BCUT2D eigenvalue weighted by Gasteiger charge is -2.12. The average molecular weight is 318 g/mol. The van der Waals surface area contributed by atoms with Crippen molar-refractivity contribution in [1.29, 1.82) is 5.26 Å². The summed E-state index contributed by atoms with van der Waals surface area (Å²) in [5.74, 6) is 0. The fourth-order valence-electron chi connectivity index (χ4n) is 3.05. The summed E-state index contributed by atoms with van der Waals surface area (Å²) < 4.78 is 1.93. The Morgan fingerprint density at radius 2 is 1.83 bits per heavy atom. The number of fused-ring (bicyclic) bond motifs is 3. The Kier molecular flexibility index (Phi) is 3.07. The van der Waals surface area contributed by atoms with E-state index in [1.54, 1.807) is 0 Å². The second kappa shape index (κ2) is 5.12. The van der Waals surface area contributed by atoms with Gasteiger partial charge in [0.25, 0.3) is 0 Å². The second-order valence-electron chi connectivity index (χ2n) is 5.40. The molecule has 0 saturated carbocycles. The van der Waals surface area contributed by atoms with Gasteiger partial charge in [-0.15, -0.1) is 0 Å². The van der Waals surface area contributed by atoms with Crippen LogP contribution in [0.4, 0.5) is 0 Å². The highest BCUT2D eigenvalue weighted by molar-refractivity contribution is 6.38. The molecule has 0 aliphatic carbocycles. The maximum absolute atomic E-state index is 9.66. The molecule has 0 fully saturated rings. The summed E-state index contributed by atoms with van der Waals surface area (Å²) in [5.41, 5.74) is 5.54. The summed E-state index contributed by atoms with van der Waals surface area (Å²) in [6.45, 7) is 1.93. The molecular weight excluding hydrogens is 306 g/mol. The van der Waals surface area contributed by atoms with E-state index in [2.05, 4.69) is 11.1 Å². The lowest BCUT2D eigenvalue weighted by molar-refractivity contribution is 1.23. The third-order valence-electron chi connectivity index (χ3n) is 4.12. The number of hydrogen-bond acceptors (Lipinski definition) is 2. The van der Waals surface area contributed by atoms with Gasteiger partial charge in [-0.05, 0) is 30.2 Å². The first-order chi connectivity index (χ1) is 11.2. The van der Waals surface area contributed by atoms with Crippen molar-refractivity contribution in [2.75, 3.05) is 0 Å². The molecule has 0 amide bonds. The molecule has 0 N–H and O–H groups in total. The van der Waals surface area contributed by atoms with Crippen LogP contribution in [0, 0.1) is 18.3 Å². The van der Waals surface area contributed by atoms with Crippen molar-refractivity contribution in [1.82, 2.24) is 9.38 Å². The minimum Gasteiger partial charge on any atom is -0.298 e. The average Bonchev–Trinajstić information content (AvgIpc) is 2.95. The lowest BCUT2D eigenvalue weighted by atomic mass is 9.95. The largest absolute Gasteiger partial charge is 0.298 e. The molecule has 0 radical (unpaired) electrons. The Balaban J connectivity index is 2.25. The standard InChI is InChI=1S/C19H12ClN3/c1-12-14(11-21)18-19(23-10-6-5-9-15(23)22-18)17(20)16(12)13-7-3-2-4-8-13/h2-10H,1H3. The second-order valence-corrected chi connectivity index (χ2v) is 5.78. The zero-order valence-corrected chi connectivity index (χ0v) is 13.2. The normalized spacial score (nSPS) is 11.0. The third-order valence-corrected chi connectivity index (χ3v) is 4.49. The molecule has 0 atom stereocenters. The summed E-state index contributed by atoms with van der Waals surface area (Å²) in [6, 6.07) is 18.0. The van der Waals surface area contributed by atoms with Gasteiger partial charge >= 0.3 is 0 Å². The number of nitrogens with zero attached hydrogens (tertiary/aromatic N) is 3. The monoisotopic (exact) mass is 317 g/mol. The Labute approximate surface area is 138 Å². The molecular formula is C19H12ClN3. The van der Waals surface area contributed by atoms with Crippen LogP contribution in [0.25, 0.3) is 27.8 Å². The number of hydrogen-bond donors (Lipinski definition) is 0. The van der Waals surface area contributed by atoms with Crippen LogP contribution < -0.4 is 0 Å². The van der Waals surface area contributed by atoms with Crippen LogP contribution in [0.3, 0.4) is 0 Å². The van der Waals surface area contributed by atoms with Crippen molar-refractivity contribution in [3.63, 3.8) is 0 Å². The molecule has 0 spiro atoms. The van der Waals surface area contributed by atoms with Gasteiger partial charge in [0.15, 0.2) is 0 Å². The highest BCUT2D eigenvalue weighted by atomic mass is 35.5. The first kappa shape index (κ1) is 13.8. The van der Waals surface area contributed by atoms with E-state index in [4.69, 9.17) is 11.6 Å². The van der Waals surface area contributed by atoms with Crippen LogP contribution in [-0.4, -0.2) is 9.38 Å². The highest BCUT2D eigenvalue weighted by Gasteiger charge is 2.20. The molecule has 0 aliphatic rings. The van der Waals surface area contributed by atoms with Crippen molar-refractivity contribution in [2.24, 2.45) is 0 Å². The van der Waals surface area contributed by atoms with Crippen LogP contribution in [0.1, 0.15) is 11.1 Å². The van der Waals surface area contributed by atoms with Gasteiger partial charge in [-0.2, -0.15) is 5.26 Å². The van der Waals surface area contributed by atoms with E-state index in [1.807, 2.05) is 66.1 Å². The fraction of sp³-hybridized carbons (Fsp3) is 0.0526. The van der Waals surface area contributed by atoms with E-state index < -0.39 is 0 Å². The molecule has 0 aliphatic heterocycles. The Morgan fingerprint density at radius 3 is 2.57 bits per heavy atom. The number of aromatic nitrogens is 2. The van der Waals surface area contributed by atoms with E-state index in [0.29, 0.717) is 16.1 Å². The number of nitriles is 1. The van der Waals surface area contributed by atoms with Gasteiger partial charge < -0.3 is 0 Å². The van der Waals surface area contributed by atoms with E-state index in [1.165, 1.54) is 0 Å². The molecule has 2 aromatic carbocycles. The number of pyridine rings is 1. The van der Waals surface area contributed by atoms with E-state index in [0.717, 1.165) is 27.9 Å². The molecule has 3 nitrogen and oxygen atoms in total. The molecule has 4 aromatic rings. The summed E-state index contributed by atoms with van der Waals surface area (Å²) in [5, 5.41) is 10.3. The lowest BCUT2D eigenvalue weighted by Crippen LogP contribution is -1.94. The van der Waals surface area contributed by atoms with Gasteiger partial charge in [0, 0.05) is 11.8 Å². The Bertz CT molecular complexity index is 1090. The molecule has 2 aromatic heterocycles. The highest BCUT2D eigenvalue weighted by Crippen LogP contribution is 2.39. The van der Waals surface area contributed by atoms with Gasteiger partial charge in [-0.3, -0.25) is 4.40 Å². The number of benzene rings is 2. The van der Waals surface area contributed by atoms with Crippen molar-refractivity contribution >= 4 is 28.3 Å². The quantitative estimate of drug-likeness (QED) is 0.496. The predicted molar refractivity (Wildman–Crippen MR) is 92.6 cm³/mol. The number of halogens is 1. The molecule has 0 unspecified atom stereocenters. The smallest absolute Gasteiger partial charge is 0.138 e. The van der Waals surface area contributed by atoms with E-state index in [9.17, 15) is 5.26 Å². The van der Waals surface area contributed by atoms with Gasteiger partial charge in [-0.25, -0.2) is 4.98 Å². The molecule has 4 rings (SSSR count). The minimum atomic E-state index is 0.576. The zero-order chi connectivity index (χ0) is 16.0. The van der Waals surface area contributed by atoms with Crippen LogP contribution in [0.2, 0.25) is 5.02 Å². The molecule has 0 saturated heterocycles. The molecule has 0 bridgehead atoms. The zero-order valence-electron chi connectivity index (χ0n) is 12.4. The maximum atomic E-state index is 9.66. The summed E-state index contributed by atoms with van der Waals surface area (Å²) in [7, 11) is 0. The summed E-state index contributed by atoms with van der Waals surface area (Å²) in [6.07, 6.45) is 1.92. The molecule has 4 heteroatoms. The number of rotatable bonds is 1. The molecule has 23 heavy (non-hydrogen) atoms. The van der Waals surface area contributed by atoms with Gasteiger partial charge in [0.1, 0.15) is 17.2 Å². The van der Waals surface area contributed by atoms with Crippen molar-refractivity contribution in [3.8, 4) is 17.2 Å². The topological polar surface area (TPSA) is 41.1 Å². The first-order valence-electron chi connectivity index (χ1n) is 7.26. The number of imidazole rings is 1. The molecule has 110 valence electrons. The van der Waals surface area contributed by atoms with Crippen LogP contribution in [0.15, 0.2) is 54.7 Å².